The monoisotopic (exact) mass is 236 g/mol. The van der Waals surface area contributed by atoms with E-state index in [4.69, 9.17) is 17.3 Å². The molecule has 0 aromatic heterocycles. The molecule has 0 radical (unpaired) electrons. The van der Waals surface area contributed by atoms with Crippen molar-refractivity contribution < 1.29 is 5.11 Å². The quantitative estimate of drug-likeness (QED) is 0.690. The summed E-state index contributed by atoms with van der Waals surface area (Å²) >= 11 is 5.16. The molecule has 1 aliphatic rings. The van der Waals surface area contributed by atoms with Crippen LogP contribution in [0.25, 0.3) is 0 Å². The average molecular weight is 236 g/mol. The molecule has 0 unspecified atom stereocenters. The lowest BCUT2D eigenvalue weighted by molar-refractivity contribution is 0.0698. The fraction of sp³-hybridized carbons (Fsp3) is 0.417. The van der Waals surface area contributed by atoms with Crippen molar-refractivity contribution in [3.05, 3.63) is 35.9 Å². The Morgan fingerprint density at radius 1 is 1.31 bits per heavy atom. The number of hydrogen-bond donors (Lipinski definition) is 3. The largest absolute Gasteiger partial charge is 0.393 e. The third kappa shape index (κ3) is 3.18. The van der Waals surface area contributed by atoms with E-state index in [1.54, 1.807) is 0 Å². The summed E-state index contributed by atoms with van der Waals surface area (Å²) in [7, 11) is 0. The molecule has 0 amide bonds. The lowest BCUT2D eigenvalue weighted by Crippen LogP contribution is -2.49. The number of hydrogen-bond acceptors (Lipinski definition) is 2. The molecular formula is C12H16N2OS. The Morgan fingerprint density at radius 2 is 2.00 bits per heavy atom. The summed E-state index contributed by atoms with van der Waals surface area (Å²) in [6.07, 6.45) is 1.45. The number of aliphatic hydroxyl groups is 1. The summed E-state index contributed by atoms with van der Waals surface area (Å²) in [6.45, 7) is 0.738. The van der Waals surface area contributed by atoms with E-state index in [-0.39, 0.29) is 6.10 Å². The highest BCUT2D eigenvalue weighted by molar-refractivity contribution is 7.80. The van der Waals surface area contributed by atoms with Gasteiger partial charge < -0.3 is 15.7 Å². The highest BCUT2D eigenvalue weighted by Gasteiger charge is 2.27. The second kappa shape index (κ2) is 5.27. The zero-order chi connectivity index (χ0) is 11.4. The van der Waals surface area contributed by atoms with Crippen LogP contribution in [0, 0.1) is 0 Å². The van der Waals surface area contributed by atoms with E-state index in [2.05, 4.69) is 22.8 Å². The van der Waals surface area contributed by atoms with Crippen molar-refractivity contribution in [3.8, 4) is 0 Å². The first kappa shape index (κ1) is 11.4. The van der Waals surface area contributed by atoms with Gasteiger partial charge in [0.25, 0.3) is 0 Å². The first-order valence-electron chi connectivity index (χ1n) is 5.50. The fourth-order valence-corrected chi connectivity index (χ4v) is 1.96. The van der Waals surface area contributed by atoms with E-state index < -0.39 is 0 Å². The van der Waals surface area contributed by atoms with Crippen molar-refractivity contribution in [2.75, 3.05) is 0 Å². The second-order valence-corrected chi connectivity index (χ2v) is 4.54. The third-order valence-corrected chi connectivity index (χ3v) is 3.01. The van der Waals surface area contributed by atoms with Gasteiger partial charge in [-0.1, -0.05) is 30.3 Å². The Hall–Kier alpha value is -1.13. The zero-order valence-corrected chi connectivity index (χ0v) is 9.83. The van der Waals surface area contributed by atoms with Crippen LogP contribution in [0.15, 0.2) is 30.3 Å². The Balaban J connectivity index is 1.68. The summed E-state index contributed by atoms with van der Waals surface area (Å²) in [6, 6.07) is 10.5. The average Bonchev–Trinajstić information content (AvgIpc) is 2.26. The molecule has 0 aliphatic heterocycles. The maximum absolute atomic E-state index is 9.14. The minimum absolute atomic E-state index is 0.144. The molecule has 0 saturated heterocycles. The van der Waals surface area contributed by atoms with E-state index >= 15 is 0 Å². The standard InChI is InChI=1S/C12H16N2OS/c15-11-6-10(7-11)14-12(16)13-8-9-4-2-1-3-5-9/h1-5,10-11,15H,6-8H2,(H2,13,14,16). The van der Waals surface area contributed by atoms with Gasteiger partial charge in [0.15, 0.2) is 5.11 Å². The molecule has 1 aromatic carbocycles. The van der Waals surface area contributed by atoms with Gasteiger partial charge in [0.2, 0.25) is 0 Å². The van der Waals surface area contributed by atoms with E-state index in [9.17, 15) is 0 Å². The van der Waals surface area contributed by atoms with Crippen LogP contribution in [-0.2, 0) is 6.54 Å². The fourth-order valence-electron chi connectivity index (χ4n) is 1.72. The molecule has 0 spiro atoms. The molecule has 3 nitrogen and oxygen atoms in total. The molecule has 1 saturated carbocycles. The van der Waals surface area contributed by atoms with E-state index in [1.165, 1.54) is 5.56 Å². The van der Waals surface area contributed by atoms with Gasteiger partial charge in [0, 0.05) is 12.6 Å². The number of aliphatic hydroxyl groups excluding tert-OH is 1. The Kier molecular flexibility index (Phi) is 3.74. The molecule has 0 heterocycles. The predicted molar refractivity (Wildman–Crippen MR) is 68.0 cm³/mol. The smallest absolute Gasteiger partial charge is 0.166 e. The number of rotatable bonds is 3. The minimum atomic E-state index is -0.144. The summed E-state index contributed by atoms with van der Waals surface area (Å²) < 4.78 is 0. The molecule has 0 atom stereocenters. The predicted octanol–water partition coefficient (Wildman–Crippen LogP) is 1.17. The number of benzene rings is 1. The Morgan fingerprint density at radius 3 is 2.62 bits per heavy atom. The van der Waals surface area contributed by atoms with Gasteiger partial charge in [-0.2, -0.15) is 0 Å². The van der Waals surface area contributed by atoms with Crippen molar-refractivity contribution in [3.63, 3.8) is 0 Å². The van der Waals surface area contributed by atoms with Gasteiger partial charge in [-0.05, 0) is 30.6 Å². The lowest BCUT2D eigenvalue weighted by atomic mass is 9.90. The molecule has 86 valence electrons. The van der Waals surface area contributed by atoms with Crippen molar-refractivity contribution >= 4 is 17.3 Å². The normalized spacial score (nSPS) is 23.3. The van der Waals surface area contributed by atoms with Crippen LogP contribution in [0.2, 0.25) is 0 Å². The van der Waals surface area contributed by atoms with E-state index in [1.807, 2.05) is 18.2 Å². The molecule has 0 bridgehead atoms. The van der Waals surface area contributed by atoms with Crippen molar-refractivity contribution in [1.82, 2.24) is 10.6 Å². The third-order valence-electron chi connectivity index (χ3n) is 2.74. The SMILES string of the molecule is OC1CC(NC(=S)NCc2ccccc2)C1. The van der Waals surface area contributed by atoms with Gasteiger partial charge in [-0.25, -0.2) is 0 Å². The minimum Gasteiger partial charge on any atom is -0.393 e. The second-order valence-electron chi connectivity index (χ2n) is 4.13. The first-order valence-corrected chi connectivity index (χ1v) is 5.91. The summed E-state index contributed by atoms with van der Waals surface area (Å²) in [5.41, 5.74) is 1.21. The van der Waals surface area contributed by atoms with Gasteiger partial charge in [-0.3, -0.25) is 0 Å². The molecule has 3 N–H and O–H groups in total. The maximum atomic E-state index is 9.14. The lowest BCUT2D eigenvalue weighted by Gasteiger charge is -2.32. The summed E-state index contributed by atoms with van der Waals surface area (Å²) in [5, 5.41) is 16.1. The first-order chi connectivity index (χ1) is 7.74. The van der Waals surface area contributed by atoms with Gasteiger partial charge in [-0.15, -0.1) is 0 Å². The number of nitrogens with one attached hydrogen (secondary N) is 2. The highest BCUT2D eigenvalue weighted by atomic mass is 32.1. The van der Waals surface area contributed by atoms with Crippen molar-refractivity contribution in [1.29, 1.82) is 0 Å². The van der Waals surface area contributed by atoms with Crippen LogP contribution in [0.4, 0.5) is 0 Å². The molecule has 4 heteroatoms. The number of thiocarbonyl (C=S) groups is 1. The molecule has 1 fully saturated rings. The van der Waals surface area contributed by atoms with Gasteiger partial charge >= 0.3 is 0 Å². The molecule has 1 aromatic rings. The van der Waals surface area contributed by atoms with E-state index in [0.29, 0.717) is 11.2 Å². The zero-order valence-electron chi connectivity index (χ0n) is 9.02. The van der Waals surface area contributed by atoms with Crippen molar-refractivity contribution in [2.45, 2.75) is 31.5 Å². The van der Waals surface area contributed by atoms with Crippen molar-refractivity contribution in [2.24, 2.45) is 0 Å². The van der Waals surface area contributed by atoms with Crippen LogP contribution in [0.5, 0.6) is 0 Å². The van der Waals surface area contributed by atoms with Crippen LogP contribution < -0.4 is 10.6 Å². The Labute approximate surface area is 101 Å². The van der Waals surface area contributed by atoms with Crippen LogP contribution in [-0.4, -0.2) is 22.4 Å². The van der Waals surface area contributed by atoms with Crippen LogP contribution >= 0.6 is 12.2 Å². The molecule has 1 aliphatic carbocycles. The van der Waals surface area contributed by atoms with Crippen LogP contribution in [0.1, 0.15) is 18.4 Å². The molecular weight excluding hydrogens is 220 g/mol. The maximum Gasteiger partial charge on any atom is 0.166 e. The van der Waals surface area contributed by atoms with Gasteiger partial charge in [0.05, 0.1) is 6.10 Å². The summed E-state index contributed by atoms with van der Waals surface area (Å²) in [4.78, 5) is 0. The highest BCUT2D eigenvalue weighted by Crippen LogP contribution is 2.18. The summed E-state index contributed by atoms with van der Waals surface area (Å²) in [5.74, 6) is 0. The molecule has 16 heavy (non-hydrogen) atoms. The Bertz CT molecular complexity index is 349. The topological polar surface area (TPSA) is 44.3 Å². The van der Waals surface area contributed by atoms with Crippen LogP contribution in [0.3, 0.4) is 0 Å². The molecule has 2 rings (SSSR count). The van der Waals surface area contributed by atoms with E-state index in [0.717, 1.165) is 19.4 Å². The van der Waals surface area contributed by atoms with Gasteiger partial charge in [0.1, 0.15) is 0 Å².